The molecule has 2 aliphatic heterocycles. The van der Waals surface area contributed by atoms with E-state index in [-0.39, 0.29) is 36.6 Å². The molecule has 3 unspecified atom stereocenters. The number of pyridine rings is 1. The van der Waals surface area contributed by atoms with E-state index in [2.05, 4.69) is 10.3 Å². The molecule has 3 atom stereocenters. The maximum Gasteiger partial charge on any atom is 0.416 e. The van der Waals surface area contributed by atoms with Gasteiger partial charge < -0.3 is 10.2 Å². The van der Waals surface area contributed by atoms with Gasteiger partial charge in [-0.3, -0.25) is 24.2 Å². The Labute approximate surface area is 228 Å². The molecule has 2 aliphatic rings. The Morgan fingerprint density at radius 2 is 1.77 bits per heavy atom. The van der Waals surface area contributed by atoms with Crippen molar-refractivity contribution in [3.63, 3.8) is 0 Å². The van der Waals surface area contributed by atoms with Gasteiger partial charge in [0.25, 0.3) is 15.9 Å². The average molecular weight is 581 g/mol. The van der Waals surface area contributed by atoms with Crippen LogP contribution in [-0.2, 0) is 25.8 Å². The van der Waals surface area contributed by atoms with Gasteiger partial charge >= 0.3 is 11.3 Å². The lowest BCUT2D eigenvalue weighted by Crippen LogP contribution is -2.53. The molecule has 2 amide bonds. The summed E-state index contributed by atoms with van der Waals surface area (Å²) < 4.78 is 65.7. The zero-order valence-electron chi connectivity index (χ0n) is 21.6. The van der Waals surface area contributed by atoms with Gasteiger partial charge in [0.2, 0.25) is 5.91 Å². The van der Waals surface area contributed by atoms with Crippen LogP contribution < -0.4 is 5.32 Å². The summed E-state index contributed by atoms with van der Waals surface area (Å²) in [5.41, 5.74) is -1.31. The highest BCUT2D eigenvalue weighted by molar-refractivity contribution is 8.04. The van der Waals surface area contributed by atoms with Crippen LogP contribution in [0.3, 0.4) is 0 Å². The third-order valence-electron chi connectivity index (χ3n) is 6.86. The zero-order valence-corrected chi connectivity index (χ0v) is 22.4. The molecule has 3 heterocycles. The molecule has 2 saturated heterocycles. The van der Waals surface area contributed by atoms with Crippen LogP contribution in [0, 0.1) is 5.92 Å². The highest BCUT2D eigenvalue weighted by Crippen LogP contribution is 2.33. The molecule has 214 valence electrons. The van der Waals surface area contributed by atoms with Gasteiger partial charge in [-0.15, -0.1) is 0 Å². The number of amides is 2. The van der Waals surface area contributed by atoms with E-state index in [0.29, 0.717) is 0 Å². The number of hydrogen-bond donors (Lipinski definition) is 1. The Bertz CT molecular complexity index is 1410. The monoisotopic (exact) mass is 580 g/mol. The standard InChI is InChI=1S/C26H27F3N4O6S/c1-15(2)13-19(31-23(35)16-6-8-17(9-7-16)26(27,28)29)24(36)32-12-10-20-22(32)21(34)14-33(20)40(38,39)25(37)18-5-3-4-11-30-18/h3-9,11,15,19-20,22H,10,12-14H2,1-2H3,(H,31,35). The molecule has 0 spiro atoms. The van der Waals surface area contributed by atoms with Gasteiger partial charge in [-0.2, -0.15) is 17.5 Å². The number of ketones is 1. The number of alkyl halides is 3. The van der Waals surface area contributed by atoms with E-state index in [0.717, 1.165) is 28.6 Å². The first-order valence-corrected chi connectivity index (χ1v) is 13.9. The fourth-order valence-corrected chi connectivity index (χ4v) is 6.48. The van der Waals surface area contributed by atoms with Crippen LogP contribution in [0.4, 0.5) is 13.2 Å². The summed E-state index contributed by atoms with van der Waals surface area (Å²) in [4.78, 5) is 57.2. The molecule has 4 rings (SSSR count). The van der Waals surface area contributed by atoms with Crippen molar-refractivity contribution in [3.05, 3.63) is 65.5 Å². The molecule has 0 radical (unpaired) electrons. The van der Waals surface area contributed by atoms with E-state index in [1.807, 2.05) is 0 Å². The summed E-state index contributed by atoms with van der Waals surface area (Å²) in [6.07, 6.45) is -3.05. The number of carbonyl (C=O) groups is 4. The molecule has 0 saturated carbocycles. The van der Waals surface area contributed by atoms with Crippen LogP contribution >= 0.6 is 0 Å². The van der Waals surface area contributed by atoms with Crippen LogP contribution in [0.2, 0.25) is 0 Å². The number of nitrogens with zero attached hydrogens (tertiary/aromatic N) is 3. The number of nitrogens with one attached hydrogen (secondary N) is 1. The van der Waals surface area contributed by atoms with Crippen molar-refractivity contribution in [1.82, 2.24) is 19.5 Å². The second-order valence-corrected chi connectivity index (χ2v) is 11.9. The summed E-state index contributed by atoms with van der Waals surface area (Å²) in [6, 6.07) is 4.52. The summed E-state index contributed by atoms with van der Waals surface area (Å²) in [5, 5.41) is 1.30. The molecule has 14 heteroatoms. The Morgan fingerprint density at radius 1 is 1.10 bits per heavy atom. The molecule has 0 bridgehead atoms. The number of Topliss-reactive ketones (excluding diaryl/α,β-unsaturated/α-hetero) is 1. The van der Waals surface area contributed by atoms with Gasteiger partial charge in [-0.25, -0.2) is 8.42 Å². The number of likely N-dealkylation sites (tertiary alicyclic amines) is 1. The first-order chi connectivity index (χ1) is 18.7. The number of aromatic nitrogens is 1. The van der Waals surface area contributed by atoms with Crippen molar-refractivity contribution in [2.24, 2.45) is 5.92 Å². The number of carbonyl (C=O) groups excluding carboxylic acids is 4. The van der Waals surface area contributed by atoms with E-state index in [4.69, 9.17) is 0 Å². The highest BCUT2D eigenvalue weighted by atomic mass is 32.2. The normalized spacial score (nSPS) is 20.4. The zero-order chi connectivity index (χ0) is 29.4. The molecule has 2 fully saturated rings. The SMILES string of the molecule is CC(C)CC(NC(=O)c1ccc(C(F)(F)F)cc1)C(=O)N1CCC2C1C(=O)CN2S(=O)(=O)C(=O)c1ccccn1. The molecule has 1 aromatic heterocycles. The topological polar surface area (TPSA) is 134 Å². The van der Waals surface area contributed by atoms with Gasteiger partial charge in [0.05, 0.1) is 18.2 Å². The molecule has 1 aromatic carbocycles. The Balaban J connectivity index is 1.52. The quantitative estimate of drug-likeness (QED) is 0.531. The first kappa shape index (κ1) is 29.3. The second-order valence-electron chi connectivity index (χ2n) is 10.1. The number of sulfonamides is 1. The summed E-state index contributed by atoms with van der Waals surface area (Å²) in [7, 11) is -4.61. The maximum absolute atomic E-state index is 13.6. The summed E-state index contributed by atoms with van der Waals surface area (Å²) >= 11 is 0. The molecule has 0 aliphatic carbocycles. The van der Waals surface area contributed by atoms with Gasteiger partial charge in [0.15, 0.2) is 5.78 Å². The largest absolute Gasteiger partial charge is 0.416 e. The summed E-state index contributed by atoms with van der Waals surface area (Å²) in [6.45, 7) is 3.02. The van der Waals surface area contributed by atoms with Crippen molar-refractivity contribution in [2.45, 2.75) is 51.0 Å². The number of hydrogen-bond acceptors (Lipinski definition) is 7. The van der Waals surface area contributed by atoms with Crippen molar-refractivity contribution in [1.29, 1.82) is 0 Å². The number of halogens is 3. The fraction of sp³-hybridized carbons (Fsp3) is 0.423. The van der Waals surface area contributed by atoms with Gasteiger partial charge in [0, 0.05) is 18.3 Å². The number of rotatable bonds is 7. The molecule has 40 heavy (non-hydrogen) atoms. The molecule has 2 aromatic rings. The predicted molar refractivity (Wildman–Crippen MR) is 135 cm³/mol. The lowest BCUT2D eigenvalue weighted by Gasteiger charge is -2.29. The highest BCUT2D eigenvalue weighted by Gasteiger charge is 2.55. The second kappa shape index (κ2) is 11.1. The maximum atomic E-state index is 13.6. The van der Waals surface area contributed by atoms with E-state index in [1.165, 1.54) is 29.3 Å². The van der Waals surface area contributed by atoms with E-state index < -0.39 is 69.1 Å². The predicted octanol–water partition coefficient (Wildman–Crippen LogP) is 2.27. The van der Waals surface area contributed by atoms with Crippen LogP contribution in [-0.4, -0.2) is 76.5 Å². The smallest absolute Gasteiger partial charge is 0.340 e. The van der Waals surface area contributed by atoms with Crippen LogP contribution in [0.15, 0.2) is 48.7 Å². The molecule has 1 N–H and O–H groups in total. The van der Waals surface area contributed by atoms with Gasteiger partial charge in [-0.05, 0) is 55.2 Å². The minimum Gasteiger partial charge on any atom is -0.340 e. The van der Waals surface area contributed by atoms with Crippen molar-refractivity contribution >= 4 is 32.7 Å². The third kappa shape index (κ3) is 5.77. The Hall–Kier alpha value is -3.65. The van der Waals surface area contributed by atoms with Gasteiger partial charge in [-0.1, -0.05) is 19.9 Å². The van der Waals surface area contributed by atoms with Crippen LogP contribution in [0.5, 0.6) is 0 Å². The fourth-order valence-electron chi connectivity index (χ4n) is 5.01. The first-order valence-electron chi connectivity index (χ1n) is 12.5. The van der Waals surface area contributed by atoms with Crippen LogP contribution in [0.1, 0.15) is 53.1 Å². The average Bonchev–Trinajstić information content (AvgIpc) is 3.48. The Morgan fingerprint density at radius 3 is 2.35 bits per heavy atom. The summed E-state index contributed by atoms with van der Waals surface area (Å²) in [5.74, 6) is -2.05. The molecule has 10 nitrogen and oxygen atoms in total. The van der Waals surface area contributed by atoms with Crippen molar-refractivity contribution < 1.29 is 40.8 Å². The minimum atomic E-state index is -4.61. The third-order valence-corrected chi connectivity index (χ3v) is 8.56. The molecular formula is C26H27F3N4O6S. The van der Waals surface area contributed by atoms with Crippen molar-refractivity contribution in [3.8, 4) is 0 Å². The minimum absolute atomic E-state index is 0.00838. The Kier molecular flexibility index (Phi) is 8.13. The van der Waals surface area contributed by atoms with E-state index >= 15 is 0 Å². The van der Waals surface area contributed by atoms with E-state index in [1.54, 1.807) is 13.8 Å². The van der Waals surface area contributed by atoms with E-state index in [9.17, 15) is 40.8 Å². The lowest BCUT2D eigenvalue weighted by molar-refractivity contribution is -0.138. The number of benzene rings is 1. The number of fused-ring (bicyclic) bond motifs is 1. The molecular weight excluding hydrogens is 553 g/mol. The van der Waals surface area contributed by atoms with Gasteiger partial charge in [0.1, 0.15) is 17.8 Å². The van der Waals surface area contributed by atoms with Crippen LogP contribution in [0.25, 0.3) is 0 Å². The van der Waals surface area contributed by atoms with Crippen molar-refractivity contribution in [2.75, 3.05) is 13.1 Å². The lowest BCUT2D eigenvalue weighted by atomic mass is 10.0.